The smallest absolute Gasteiger partial charge is 0.309 e. The van der Waals surface area contributed by atoms with Crippen molar-refractivity contribution in [2.45, 2.75) is 44.9 Å². The molecule has 1 fully saturated rings. The second-order valence-corrected chi connectivity index (χ2v) is 8.88. The van der Waals surface area contributed by atoms with Gasteiger partial charge < -0.3 is 5.11 Å². The molecule has 136 valence electrons. The van der Waals surface area contributed by atoms with Gasteiger partial charge in [0.05, 0.1) is 21.7 Å². The predicted molar refractivity (Wildman–Crippen MR) is 106 cm³/mol. The largest absolute Gasteiger partial charge is 0.481 e. The monoisotopic (exact) mass is 484 g/mol. The van der Waals surface area contributed by atoms with E-state index in [0.717, 1.165) is 27.7 Å². The van der Waals surface area contributed by atoms with Crippen LogP contribution in [0.5, 0.6) is 0 Å². The maximum absolute atomic E-state index is 13.4. The third-order valence-corrected chi connectivity index (χ3v) is 6.69. The van der Waals surface area contributed by atoms with Crippen LogP contribution in [0.15, 0.2) is 18.2 Å². The van der Waals surface area contributed by atoms with E-state index in [1.54, 1.807) is 13.0 Å². The summed E-state index contributed by atoms with van der Waals surface area (Å²) in [5, 5.41) is 14.5. The van der Waals surface area contributed by atoms with E-state index in [9.17, 15) is 14.7 Å². The molecule has 0 amide bonds. The number of carboxylic acids is 1. The summed E-state index contributed by atoms with van der Waals surface area (Å²) >= 11 is 8.51. The van der Waals surface area contributed by atoms with Gasteiger partial charge in [-0.15, -0.1) is 0 Å². The molecular formula is C19H18ClIN2O3. The first kappa shape index (κ1) is 18.0. The van der Waals surface area contributed by atoms with Crippen LogP contribution in [-0.2, 0) is 17.6 Å². The Morgan fingerprint density at radius 2 is 2.12 bits per heavy atom. The van der Waals surface area contributed by atoms with E-state index < -0.39 is 11.4 Å². The maximum atomic E-state index is 13.4. The van der Waals surface area contributed by atoms with Crippen LogP contribution < -0.4 is 0 Å². The molecule has 0 aliphatic heterocycles. The molecule has 26 heavy (non-hydrogen) atoms. The number of carboxylic acid groups (broad SMARTS) is 1. The van der Waals surface area contributed by atoms with Crippen molar-refractivity contribution >= 4 is 46.1 Å². The molecule has 1 N–H and O–H groups in total. The van der Waals surface area contributed by atoms with Crippen molar-refractivity contribution in [1.82, 2.24) is 9.78 Å². The fourth-order valence-corrected chi connectivity index (χ4v) is 4.76. The molecule has 1 aromatic carbocycles. The van der Waals surface area contributed by atoms with Crippen molar-refractivity contribution < 1.29 is 14.7 Å². The average Bonchev–Trinajstić information content (AvgIpc) is 3.39. The number of nitrogens with zero attached hydrogens (tertiary/aromatic N) is 2. The second kappa shape index (κ2) is 6.34. The summed E-state index contributed by atoms with van der Waals surface area (Å²) < 4.78 is 2.16. The maximum Gasteiger partial charge on any atom is 0.309 e. The molecule has 2 aromatic rings. The number of aliphatic carboxylic acids is 1. The lowest BCUT2D eigenvalue weighted by Gasteiger charge is -2.29. The SMILES string of the molecule is CC1(C(=O)O)CCc2c(I)nn(C(=O)c3c(Cl)cccc3C3CC3)c2C1. The molecule has 1 saturated carbocycles. The van der Waals surface area contributed by atoms with Crippen LogP contribution >= 0.6 is 34.2 Å². The zero-order valence-electron chi connectivity index (χ0n) is 14.3. The minimum Gasteiger partial charge on any atom is -0.481 e. The summed E-state index contributed by atoms with van der Waals surface area (Å²) in [5.74, 6) is -0.719. The van der Waals surface area contributed by atoms with Crippen molar-refractivity contribution in [2.75, 3.05) is 0 Å². The molecular weight excluding hydrogens is 467 g/mol. The topological polar surface area (TPSA) is 72.2 Å². The molecule has 0 radical (unpaired) electrons. The molecule has 1 unspecified atom stereocenters. The molecule has 2 aliphatic carbocycles. The number of halogens is 2. The van der Waals surface area contributed by atoms with Crippen molar-refractivity contribution in [2.24, 2.45) is 5.41 Å². The van der Waals surface area contributed by atoms with Gasteiger partial charge in [-0.2, -0.15) is 9.78 Å². The summed E-state index contributed by atoms with van der Waals surface area (Å²) in [6.07, 6.45) is 3.58. The number of hydrogen-bond acceptors (Lipinski definition) is 3. The molecule has 5 nitrogen and oxygen atoms in total. The van der Waals surface area contributed by atoms with Crippen LogP contribution in [0.4, 0.5) is 0 Å². The van der Waals surface area contributed by atoms with Crippen molar-refractivity contribution in [3.05, 3.63) is 49.3 Å². The highest BCUT2D eigenvalue weighted by Crippen LogP contribution is 2.44. The van der Waals surface area contributed by atoms with Crippen LogP contribution in [0.25, 0.3) is 0 Å². The van der Waals surface area contributed by atoms with Gasteiger partial charge in [0.15, 0.2) is 0 Å². The summed E-state index contributed by atoms with van der Waals surface area (Å²) in [5.41, 5.74) is 2.28. The van der Waals surface area contributed by atoms with E-state index in [2.05, 4.69) is 27.7 Å². The first-order valence-electron chi connectivity index (χ1n) is 8.64. The number of carbonyl (C=O) groups is 2. The minimum absolute atomic E-state index is 0.258. The van der Waals surface area contributed by atoms with Crippen molar-refractivity contribution in [1.29, 1.82) is 0 Å². The number of rotatable bonds is 3. The molecule has 0 bridgehead atoms. The molecule has 1 aromatic heterocycles. The van der Waals surface area contributed by atoms with Crippen LogP contribution in [0.3, 0.4) is 0 Å². The summed E-state index contributed by atoms with van der Waals surface area (Å²) in [7, 11) is 0. The summed E-state index contributed by atoms with van der Waals surface area (Å²) in [6, 6.07) is 5.55. The Hall–Kier alpha value is -1.41. The predicted octanol–water partition coefficient (Wildman–Crippen LogP) is 4.29. The van der Waals surface area contributed by atoms with E-state index >= 15 is 0 Å². The normalized spacial score (nSPS) is 22.1. The number of benzene rings is 1. The highest BCUT2D eigenvalue weighted by molar-refractivity contribution is 14.1. The fourth-order valence-electron chi connectivity index (χ4n) is 3.70. The highest BCUT2D eigenvalue weighted by Gasteiger charge is 2.41. The Labute approximate surface area is 169 Å². The number of carbonyl (C=O) groups excluding carboxylic acids is 1. The third kappa shape index (κ3) is 2.87. The van der Waals surface area contributed by atoms with Crippen LogP contribution in [0.1, 0.15) is 59.3 Å². The average molecular weight is 485 g/mol. The first-order chi connectivity index (χ1) is 12.3. The third-order valence-electron chi connectivity index (χ3n) is 5.51. The molecule has 7 heteroatoms. The van der Waals surface area contributed by atoms with Gasteiger partial charge in [0.25, 0.3) is 5.91 Å². The second-order valence-electron chi connectivity index (χ2n) is 7.45. The van der Waals surface area contributed by atoms with E-state index in [-0.39, 0.29) is 5.91 Å². The van der Waals surface area contributed by atoms with E-state index in [0.29, 0.717) is 41.5 Å². The van der Waals surface area contributed by atoms with Crippen LogP contribution in [0.2, 0.25) is 5.02 Å². The number of fused-ring (bicyclic) bond motifs is 1. The standard InChI is InChI=1S/C19H18ClIN2O3/c1-19(18(25)26)8-7-12-14(9-19)23(22-16(12)21)17(24)15-11(10-5-6-10)3-2-4-13(15)20/h2-4,10H,5-9H2,1H3,(H,25,26). The van der Waals surface area contributed by atoms with Gasteiger partial charge >= 0.3 is 5.97 Å². The van der Waals surface area contributed by atoms with Crippen molar-refractivity contribution in [3.8, 4) is 0 Å². The van der Waals surface area contributed by atoms with Gasteiger partial charge in [0, 0.05) is 12.0 Å². The van der Waals surface area contributed by atoms with E-state index in [1.807, 2.05) is 12.1 Å². The van der Waals surface area contributed by atoms with Gasteiger partial charge in [0.1, 0.15) is 3.70 Å². The Morgan fingerprint density at radius 1 is 1.38 bits per heavy atom. The van der Waals surface area contributed by atoms with Gasteiger partial charge in [-0.3, -0.25) is 9.59 Å². The molecule has 2 aliphatic rings. The summed E-state index contributed by atoms with van der Waals surface area (Å²) in [4.78, 5) is 25.1. The minimum atomic E-state index is -0.881. The lowest BCUT2D eigenvalue weighted by Crippen LogP contribution is -2.35. The van der Waals surface area contributed by atoms with Crippen LogP contribution in [0, 0.1) is 9.12 Å². The van der Waals surface area contributed by atoms with Gasteiger partial charge in [-0.1, -0.05) is 23.7 Å². The van der Waals surface area contributed by atoms with E-state index in [4.69, 9.17) is 11.6 Å². The van der Waals surface area contributed by atoms with Gasteiger partial charge in [0.2, 0.25) is 0 Å². The molecule has 1 heterocycles. The zero-order chi connectivity index (χ0) is 18.6. The molecule has 0 spiro atoms. The van der Waals surface area contributed by atoms with Gasteiger partial charge in [-0.05, 0) is 72.7 Å². The highest BCUT2D eigenvalue weighted by atomic mass is 127. The summed E-state index contributed by atoms with van der Waals surface area (Å²) in [6.45, 7) is 1.73. The lowest BCUT2D eigenvalue weighted by molar-refractivity contribution is -0.148. The Balaban J connectivity index is 1.81. The van der Waals surface area contributed by atoms with Crippen molar-refractivity contribution in [3.63, 3.8) is 0 Å². The molecule has 0 saturated heterocycles. The van der Waals surface area contributed by atoms with Crippen LogP contribution in [-0.4, -0.2) is 26.8 Å². The molecule has 1 atom stereocenters. The first-order valence-corrected chi connectivity index (χ1v) is 10.1. The van der Waals surface area contributed by atoms with Gasteiger partial charge in [-0.25, -0.2) is 0 Å². The Kier molecular flexibility index (Phi) is 4.38. The quantitative estimate of drug-likeness (QED) is 0.660. The van der Waals surface area contributed by atoms with E-state index in [1.165, 1.54) is 4.68 Å². The Bertz CT molecular complexity index is 935. The fraction of sp³-hybridized carbons (Fsp3) is 0.421. The molecule has 4 rings (SSSR count). The lowest BCUT2D eigenvalue weighted by atomic mass is 9.75. The number of aromatic nitrogens is 2. The zero-order valence-corrected chi connectivity index (χ0v) is 17.2. The Morgan fingerprint density at radius 3 is 2.77 bits per heavy atom. The number of hydrogen-bond donors (Lipinski definition) is 1.